The van der Waals surface area contributed by atoms with Gasteiger partial charge in [-0.05, 0) is 44.3 Å². The van der Waals surface area contributed by atoms with Crippen LogP contribution >= 0.6 is 11.6 Å². The van der Waals surface area contributed by atoms with E-state index in [1.54, 1.807) is 6.21 Å². The fraction of sp³-hybridized carbons (Fsp3) is 0.190. The molecular formula is C21H19ClN4. The molecule has 4 rings (SSSR count). The molecule has 5 heteroatoms. The maximum atomic E-state index is 6.22. The van der Waals surface area contributed by atoms with Crippen molar-refractivity contribution in [1.29, 1.82) is 0 Å². The van der Waals surface area contributed by atoms with Crippen LogP contribution in [0, 0.1) is 0 Å². The van der Waals surface area contributed by atoms with E-state index in [9.17, 15) is 0 Å². The van der Waals surface area contributed by atoms with Gasteiger partial charge in [0.25, 0.3) is 0 Å². The number of hydrogen-bond donors (Lipinski definition) is 0. The van der Waals surface area contributed by atoms with Crippen LogP contribution in [-0.4, -0.2) is 22.5 Å². The molecule has 0 bridgehead atoms. The zero-order valence-corrected chi connectivity index (χ0v) is 15.4. The summed E-state index contributed by atoms with van der Waals surface area (Å²) in [5.74, 6) is 1.13. The molecule has 130 valence electrons. The second kappa shape index (κ2) is 6.89. The van der Waals surface area contributed by atoms with Gasteiger partial charge in [-0.1, -0.05) is 29.8 Å². The standard InChI is InChI=1S/C21H19ClN4/c1-3-24-18-13-15(9-10-17(18)23-2)21-20(14-6-4-7-16(22)12-14)25-19-8-5-11-26(19)21/h3-4,6-7,9-10,12-13H,2,5,8,11H2,1H3/b24-3-. The van der Waals surface area contributed by atoms with Gasteiger partial charge in [-0.3, -0.25) is 9.98 Å². The highest BCUT2D eigenvalue weighted by atomic mass is 35.5. The minimum atomic E-state index is 0.712. The molecule has 0 atom stereocenters. The number of hydrogen-bond acceptors (Lipinski definition) is 3. The average molecular weight is 363 g/mol. The Bertz CT molecular complexity index is 1020. The first kappa shape index (κ1) is 16.7. The van der Waals surface area contributed by atoms with Crippen LogP contribution in [0.5, 0.6) is 0 Å². The van der Waals surface area contributed by atoms with Crippen molar-refractivity contribution in [2.75, 3.05) is 0 Å². The molecular weight excluding hydrogens is 344 g/mol. The molecule has 1 aromatic heterocycles. The highest BCUT2D eigenvalue weighted by Gasteiger charge is 2.23. The van der Waals surface area contributed by atoms with Crippen LogP contribution in [0.1, 0.15) is 19.2 Å². The maximum Gasteiger partial charge on any atom is 0.109 e. The molecule has 0 unspecified atom stereocenters. The summed E-state index contributed by atoms with van der Waals surface area (Å²) < 4.78 is 2.31. The molecule has 2 aromatic carbocycles. The first-order valence-electron chi connectivity index (χ1n) is 8.66. The van der Waals surface area contributed by atoms with Crippen molar-refractivity contribution >= 4 is 35.9 Å². The molecule has 0 aliphatic carbocycles. The lowest BCUT2D eigenvalue weighted by atomic mass is 10.0. The molecule has 0 amide bonds. The second-order valence-corrected chi connectivity index (χ2v) is 6.68. The largest absolute Gasteiger partial charge is 0.327 e. The Hall–Kier alpha value is -2.72. The third-order valence-corrected chi connectivity index (χ3v) is 4.85. The van der Waals surface area contributed by atoms with E-state index in [0.29, 0.717) is 5.02 Å². The van der Waals surface area contributed by atoms with Gasteiger partial charge in [0.15, 0.2) is 0 Å². The quantitative estimate of drug-likeness (QED) is 0.535. The maximum absolute atomic E-state index is 6.22. The summed E-state index contributed by atoms with van der Waals surface area (Å²) in [6, 6.07) is 13.9. The number of rotatable bonds is 4. The first-order chi connectivity index (χ1) is 12.7. The third-order valence-electron chi connectivity index (χ3n) is 4.61. The topological polar surface area (TPSA) is 42.5 Å². The van der Waals surface area contributed by atoms with Crippen molar-refractivity contribution in [3.8, 4) is 22.5 Å². The molecule has 0 saturated carbocycles. The molecule has 0 spiro atoms. The second-order valence-electron chi connectivity index (χ2n) is 6.24. The lowest BCUT2D eigenvalue weighted by molar-refractivity contribution is 0.756. The predicted molar refractivity (Wildman–Crippen MR) is 109 cm³/mol. The monoisotopic (exact) mass is 362 g/mol. The van der Waals surface area contributed by atoms with Gasteiger partial charge in [-0.2, -0.15) is 0 Å². The van der Waals surface area contributed by atoms with E-state index < -0.39 is 0 Å². The van der Waals surface area contributed by atoms with Crippen LogP contribution < -0.4 is 0 Å². The molecule has 0 fully saturated rings. The molecule has 1 aliphatic rings. The number of nitrogens with zero attached hydrogens (tertiary/aromatic N) is 4. The molecule has 4 nitrogen and oxygen atoms in total. The molecule has 0 N–H and O–H groups in total. The normalized spacial score (nSPS) is 13.3. The van der Waals surface area contributed by atoms with E-state index in [4.69, 9.17) is 16.6 Å². The highest BCUT2D eigenvalue weighted by Crippen LogP contribution is 2.39. The highest BCUT2D eigenvalue weighted by molar-refractivity contribution is 6.30. The van der Waals surface area contributed by atoms with Gasteiger partial charge < -0.3 is 4.57 Å². The zero-order valence-electron chi connectivity index (χ0n) is 14.6. The smallest absolute Gasteiger partial charge is 0.109 e. The van der Waals surface area contributed by atoms with Crippen molar-refractivity contribution in [2.24, 2.45) is 9.98 Å². The summed E-state index contributed by atoms with van der Waals surface area (Å²) in [4.78, 5) is 13.4. The summed E-state index contributed by atoms with van der Waals surface area (Å²) in [5.41, 5.74) is 5.77. The lowest BCUT2D eigenvalue weighted by Gasteiger charge is -2.11. The van der Waals surface area contributed by atoms with Crippen LogP contribution in [0.15, 0.2) is 52.4 Å². The average Bonchev–Trinajstić information content (AvgIpc) is 3.23. The molecule has 2 heterocycles. The van der Waals surface area contributed by atoms with Gasteiger partial charge in [-0.15, -0.1) is 0 Å². The van der Waals surface area contributed by atoms with Crippen LogP contribution in [-0.2, 0) is 13.0 Å². The van der Waals surface area contributed by atoms with Crippen molar-refractivity contribution in [3.05, 3.63) is 53.3 Å². The summed E-state index contributed by atoms with van der Waals surface area (Å²) in [5, 5.41) is 0.712. The number of imidazole rings is 1. The minimum Gasteiger partial charge on any atom is -0.327 e. The Labute approximate surface area is 157 Å². The van der Waals surface area contributed by atoms with E-state index in [-0.39, 0.29) is 0 Å². The Kier molecular flexibility index (Phi) is 4.43. The van der Waals surface area contributed by atoms with Crippen LogP contribution in [0.25, 0.3) is 22.5 Å². The van der Waals surface area contributed by atoms with E-state index in [1.165, 1.54) is 0 Å². The van der Waals surface area contributed by atoms with Gasteiger partial charge in [0.05, 0.1) is 22.8 Å². The number of aryl methyl sites for hydroxylation is 1. The summed E-state index contributed by atoms with van der Waals surface area (Å²) >= 11 is 6.22. The predicted octanol–water partition coefficient (Wildman–Crippen LogP) is 5.87. The summed E-state index contributed by atoms with van der Waals surface area (Å²) in [7, 11) is 0. The van der Waals surface area contributed by atoms with Crippen LogP contribution in [0.4, 0.5) is 11.4 Å². The van der Waals surface area contributed by atoms with Gasteiger partial charge in [0.1, 0.15) is 5.82 Å². The summed E-state index contributed by atoms with van der Waals surface area (Å²) in [6.07, 6.45) is 3.89. The molecule has 26 heavy (non-hydrogen) atoms. The summed E-state index contributed by atoms with van der Waals surface area (Å²) in [6.45, 7) is 6.52. The fourth-order valence-electron chi connectivity index (χ4n) is 3.50. The Morgan fingerprint density at radius 3 is 2.81 bits per heavy atom. The van der Waals surface area contributed by atoms with Crippen molar-refractivity contribution in [3.63, 3.8) is 0 Å². The van der Waals surface area contributed by atoms with E-state index in [1.807, 2.05) is 31.2 Å². The van der Waals surface area contributed by atoms with Crippen LogP contribution in [0.3, 0.4) is 0 Å². The number of benzene rings is 2. The van der Waals surface area contributed by atoms with Crippen molar-refractivity contribution in [2.45, 2.75) is 26.3 Å². The molecule has 0 radical (unpaired) electrons. The molecule has 3 aromatic rings. The minimum absolute atomic E-state index is 0.712. The van der Waals surface area contributed by atoms with Crippen molar-refractivity contribution < 1.29 is 0 Å². The van der Waals surface area contributed by atoms with E-state index >= 15 is 0 Å². The van der Waals surface area contributed by atoms with E-state index in [0.717, 1.165) is 59.1 Å². The fourth-order valence-corrected chi connectivity index (χ4v) is 3.69. The lowest BCUT2D eigenvalue weighted by Crippen LogP contribution is -1.96. The van der Waals surface area contributed by atoms with Gasteiger partial charge in [0.2, 0.25) is 0 Å². The first-order valence-corrected chi connectivity index (χ1v) is 9.04. The van der Waals surface area contributed by atoms with Gasteiger partial charge >= 0.3 is 0 Å². The van der Waals surface area contributed by atoms with Crippen LogP contribution in [0.2, 0.25) is 5.02 Å². The zero-order chi connectivity index (χ0) is 18.1. The SMILES string of the molecule is C=Nc1ccc(-c2c(-c3cccc(Cl)c3)nc3n2CCC3)cc1/N=C\C. The van der Waals surface area contributed by atoms with Gasteiger partial charge in [-0.25, -0.2) is 4.98 Å². The van der Waals surface area contributed by atoms with E-state index in [2.05, 4.69) is 39.5 Å². The Morgan fingerprint density at radius 2 is 2.04 bits per heavy atom. The van der Waals surface area contributed by atoms with Crippen molar-refractivity contribution in [1.82, 2.24) is 9.55 Å². The molecule has 1 aliphatic heterocycles. The Balaban J connectivity index is 1.94. The third kappa shape index (κ3) is 2.86. The number of halogens is 1. The van der Waals surface area contributed by atoms with Gasteiger partial charge in [0, 0.05) is 35.3 Å². The number of fused-ring (bicyclic) bond motifs is 1. The Morgan fingerprint density at radius 1 is 1.15 bits per heavy atom. The number of aromatic nitrogens is 2. The number of aliphatic imine (C=N–C) groups is 2. The molecule has 0 saturated heterocycles.